The van der Waals surface area contributed by atoms with Crippen molar-refractivity contribution in [1.29, 1.82) is 0 Å². The first-order chi connectivity index (χ1) is 8.27. The van der Waals surface area contributed by atoms with Gasteiger partial charge in [0.2, 0.25) is 5.91 Å². The molecule has 1 amide bonds. The third kappa shape index (κ3) is 5.00. The number of hydrogen-bond acceptors (Lipinski definition) is 2. The molecule has 3 heteroatoms. The third-order valence-electron chi connectivity index (χ3n) is 2.67. The van der Waals surface area contributed by atoms with E-state index in [1.165, 1.54) is 5.56 Å². The molecule has 0 fully saturated rings. The summed E-state index contributed by atoms with van der Waals surface area (Å²) in [7, 11) is 0. The Balaban J connectivity index is 2.39. The molecule has 0 saturated carbocycles. The maximum Gasteiger partial charge on any atom is 0.238 e. The highest BCUT2D eigenvalue weighted by molar-refractivity contribution is 5.92. The number of rotatable bonds is 7. The summed E-state index contributed by atoms with van der Waals surface area (Å²) in [6.07, 6.45) is 3.19. The number of nitrogens with one attached hydrogen (secondary N) is 2. The first-order valence-corrected chi connectivity index (χ1v) is 6.36. The Hall–Kier alpha value is -1.35. The second kappa shape index (κ2) is 7.85. The number of para-hydroxylation sites is 1. The van der Waals surface area contributed by atoms with Gasteiger partial charge in [0.1, 0.15) is 0 Å². The van der Waals surface area contributed by atoms with E-state index in [1.807, 2.05) is 24.3 Å². The Bertz CT molecular complexity index is 350. The van der Waals surface area contributed by atoms with Gasteiger partial charge in [0.25, 0.3) is 0 Å². The van der Waals surface area contributed by atoms with Crippen LogP contribution in [0.2, 0.25) is 0 Å². The lowest BCUT2D eigenvalue weighted by molar-refractivity contribution is -0.115. The van der Waals surface area contributed by atoms with E-state index in [0.29, 0.717) is 6.54 Å². The second-order valence-corrected chi connectivity index (χ2v) is 4.09. The molecule has 1 aromatic carbocycles. The maximum atomic E-state index is 11.7. The summed E-state index contributed by atoms with van der Waals surface area (Å²) >= 11 is 0. The van der Waals surface area contributed by atoms with Crippen LogP contribution in [0.3, 0.4) is 0 Å². The van der Waals surface area contributed by atoms with Crippen LogP contribution in [0.5, 0.6) is 0 Å². The fraction of sp³-hybridized carbons (Fsp3) is 0.500. The highest BCUT2D eigenvalue weighted by atomic mass is 16.1. The van der Waals surface area contributed by atoms with Crippen molar-refractivity contribution in [1.82, 2.24) is 5.32 Å². The molecule has 0 unspecified atom stereocenters. The highest BCUT2D eigenvalue weighted by Gasteiger charge is 2.04. The minimum Gasteiger partial charge on any atom is -0.325 e. The summed E-state index contributed by atoms with van der Waals surface area (Å²) < 4.78 is 0. The number of unbranched alkanes of at least 4 members (excludes halogenated alkanes) is 1. The fourth-order valence-corrected chi connectivity index (χ4v) is 1.65. The van der Waals surface area contributed by atoms with Crippen molar-refractivity contribution in [3.05, 3.63) is 29.8 Å². The number of anilines is 1. The molecule has 0 aliphatic heterocycles. The Labute approximate surface area is 104 Å². The van der Waals surface area contributed by atoms with Crippen molar-refractivity contribution < 1.29 is 4.79 Å². The quantitative estimate of drug-likeness (QED) is 0.712. The predicted molar refractivity (Wildman–Crippen MR) is 72.2 cm³/mol. The van der Waals surface area contributed by atoms with Gasteiger partial charge in [-0.05, 0) is 31.0 Å². The van der Waals surface area contributed by atoms with E-state index in [9.17, 15) is 4.79 Å². The summed E-state index contributed by atoms with van der Waals surface area (Å²) in [5, 5.41) is 6.07. The van der Waals surface area contributed by atoms with E-state index < -0.39 is 0 Å². The monoisotopic (exact) mass is 234 g/mol. The molecule has 0 aromatic heterocycles. The van der Waals surface area contributed by atoms with Crippen LogP contribution >= 0.6 is 0 Å². The number of hydrogen-bond donors (Lipinski definition) is 2. The van der Waals surface area contributed by atoms with Crippen LogP contribution in [0.1, 0.15) is 32.3 Å². The molecule has 0 heterocycles. The minimum absolute atomic E-state index is 0.0296. The van der Waals surface area contributed by atoms with Crippen molar-refractivity contribution in [3.63, 3.8) is 0 Å². The number of amides is 1. The SMILES string of the molecule is CCCCNCC(=O)Nc1ccccc1CC. The number of benzene rings is 1. The van der Waals surface area contributed by atoms with Crippen molar-refractivity contribution in [2.75, 3.05) is 18.4 Å². The predicted octanol–water partition coefficient (Wildman–Crippen LogP) is 2.58. The average Bonchev–Trinajstić information content (AvgIpc) is 2.35. The molecule has 0 saturated heterocycles. The first kappa shape index (κ1) is 13.7. The van der Waals surface area contributed by atoms with Gasteiger partial charge in [-0.3, -0.25) is 4.79 Å². The molecule has 0 bridgehead atoms. The van der Waals surface area contributed by atoms with Crippen molar-refractivity contribution in [2.24, 2.45) is 0 Å². The van der Waals surface area contributed by atoms with E-state index in [2.05, 4.69) is 24.5 Å². The van der Waals surface area contributed by atoms with Crippen LogP contribution in [-0.2, 0) is 11.2 Å². The number of aryl methyl sites for hydroxylation is 1. The fourth-order valence-electron chi connectivity index (χ4n) is 1.65. The smallest absolute Gasteiger partial charge is 0.238 e. The van der Waals surface area contributed by atoms with E-state index >= 15 is 0 Å². The molecule has 0 aliphatic rings. The van der Waals surface area contributed by atoms with Gasteiger partial charge in [0.15, 0.2) is 0 Å². The summed E-state index contributed by atoms with van der Waals surface area (Å²) in [5.41, 5.74) is 2.10. The van der Waals surface area contributed by atoms with E-state index in [-0.39, 0.29) is 5.91 Å². The molecule has 0 spiro atoms. The largest absolute Gasteiger partial charge is 0.325 e. The lowest BCUT2D eigenvalue weighted by Gasteiger charge is -2.10. The Morgan fingerprint density at radius 3 is 2.71 bits per heavy atom. The van der Waals surface area contributed by atoms with Crippen LogP contribution in [-0.4, -0.2) is 19.0 Å². The minimum atomic E-state index is 0.0296. The van der Waals surface area contributed by atoms with Crippen molar-refractivity contribution in [3.8, 4) is 0 Å². The van der Waals surface area contributed by atoms with Crippen molar-refractivity contribution in [2.45, 2.75) is 33.1 Å². The lowest BCUT2D eigenvalue weighted by atomic mass is 10.1. The Kier molecular flexibility index (Phi) is 6.33. The lowest BCUT2D eigenvalue weighted by Crippen LogP contribution is -2.29. The molecule has 0 aliphatic carbocycles. The molecular formula is C14H22N2O. The highest BCUT2D eigenvalue weighted by Crippen LogP contribution is 2.14. The molecule has 17 heavy (non-hydrogen) atoms. The van der Waals surface area contributed by atoms with Gasteiger partial charge in [-0.1, -0.05) is 38.5 Å². The molecule has 2 N–H and O–H groups in total. The van der Waals surface area contributed by atoms with E-state index in [4.69, 9.17) is 0 Å². The van der Waals surface area contributed by atoms with Crippen LogP contribution < -0.4 is 10.6 Å². The van der Waals surface area contributed by atoms with Gasteiger partial charge >= 0.3 is 0 Å². The Morgan fingerprint density at radius 2 is 2.00 bits per heavy atom. The first-order valence-electron chi connectivity index (χ1n) is 6.36. The zero-order chi connectivity index (χ0) is 12.5. The van der Waals surface area contributed by atoms with Crippen LogP contribution in [0.15, 0.2) is 24.3 Å². The molecule has 0 atom stereocenters. The van der Waals surface area contributed by atoms with Gasteiger partial charge in [-0.15, -0.1) is 0 Å². The zero-order valence-electron chi connectivity index (χ0n) is 10.8. The zero-order valence-corrected chi connectivity index (χ0v) is 10.8. The molecule has 1 aromatic rings. The van der Waals surface area contributed by atoms with Gasteiger partial charge in [-0.2, -0.15) is 0 Å². The van der Waals surface area contributed by atoms with Crippen molar-refractivity contribution >= 4 is 11.6 Å². The molecule has 94 valence electrons. The van der Waals surface area contributed by atoms with Crippen LogP contribution in [0.25, 0.3) is 0 Å². The summed E-state index contributed by atoms with van der Waals surface area (Å²) in [5.74, 6) is 0.0296. The number of carbonyl (C=O) groups excluding carboxylic acids is 1. The summed E-state index contributed by atoms with van der Waals surface area (Å²) in [6, 6.07) is 7.93. The maximum absolute atomic E-state index is 11.7. The van der Waals surface area contributed by atoms with Gasteiger partial charge in [-0.25, -0.2) is 0 Å². The normalized spacial score (nSPS) is 10.2. The standard InChI is InChI=1S/C14H22N2O/c1-3-5-10-15-11-14(17)16-13-9-7-6-8-12(13)4-2/h6-9,15H,3-5,10-11H2,1-2H3,(H,16,17). The molecular weight excluding hydrogens is 212 g/mol. The topological polar surface area (TPSA) is 41.1 Å². The van der Waals surface area contributed by atoms with Crippen LogP contribution in [0, 0.1) is 0 Å². The summed E-state index contributed by atoms with van der Waals surface area (Å²) in [4.78, 5) is 11.7. The second-order valence-electron chi connectivity index (χ2n) is 4.09. The van der Waals surface area contributed by atoms with E-state index in [0.717, 1.165) is 31.5 Å². The van der Waals surface area contributed by atoms with Gasteiger partial charge in [0.05, 0.1) is 6.54 Å². The van der Waals surface area contributed by atoms with E-state index in [1.54, 1.807) is 0 Å². The van der Waals surface area contributed by atoms with Crippen LogP contribution in [0.4, 0.5) is 5.69 Å². The number of carbonyl (C=O) groups is 1. The molecule has 1 rings (SSSR count). The summed E-state index contributed by atoms with van der Waals surface area (Å²) in [6.45, 7) is 5.52. The molecule has 3 nitrogen and oxygen atoms in total. The van der Waals surface area contributed by atoms with Gasteiger partial charge in [0, 0.05) is 5.69 Å². The van der Waals surface area contributed by atoms with Gasteiger partial charge < -0.3 is 10.6 Å². The molecule has 0 radical (unpaired) electrons. The Morgan fingerprint density at radius 1 is 1.24 bits per heavy atom. The average molecular weight is 234 g/mol. The third-order valence-corrected chi connectivity index (χ3v) is 2.67.